The lowest BCUT2D eigenvalue weighted by Gasteiger charge is -2.61. The van der Waals surface area contributed by atoms with Gasteiger partial charge < -0.3 is 9.53 Å². The summed E-state index contributed by atoms with van der Waals surface area (Å²) in [6, 6.07) is 0. The predicted molar refractivity (Wildman–Crippen MR) is 99.1 cm³/mol. The number of methoxy groups -OCH3 is 1. The van der Waals surface area contributed by atoms with Gasteiger partial charge in [0.05, 0.1) is 6.10 Å². The summed E-state index contributed by atoms with van der Waals surface area (Å²) in [6.45, 7) is 7.35. The Morgan fingerprint density at radius 1 is 1.08 bits per heavy atom. The van der Waals surface area contributed by atoms with Crippen molar-refractivity contribution in [2.24, 2.45) is 51.8 Å². The maximum absolute atomic E-state index is 11.5. The summed E-state index contributed by atoms with van der Waals surface area (Å²) in [4.78, 5) is 11.5. The molecular weight excluding hydrogens is 308 g/mol. The van der Waals surface area contributed by atoms with Gasteiger partial charge in [-0.3, -0.25) is 0 Å². The van der Waals surface area contributed by atoms with E-state index in [1.807, 2.05) is 7.11 Å². The van der Waals surface area contributed by atoms with Gasteiger partial charge in [-0.25, -0.2) is 0 Å². The summed E-state index contributed by atoms with van der Waals surface area (Å²) < 4.78 is 6.18. The van der Waals surface area contributed by atoms with Crippen LogP contribution in [0.2, 0.25) is 0 Å². The number of ether oxygens (including phenoxy) is 1. The average Bonchev–Trinajstić information content (AvgIpc) is 3.12. The lowest BCUT2D eigenvalue weighted by atomic mass is 9.45. The van der Waals surface area contributed by atoms with Gasteiger partial charge in [-0.15, -0.1) is 0 Å². The Kier molecular flexibility index (Phi) is 3.43. The topological polar surface area (TPSA) is 26.3 Å². The van der Waals surface area contributed by atoms with E-state index in [1.54, 1.807) is 0 Å². The molecule has 10 atom stereocenters. The minimum atomic E-state index is 0.231. The van der Waals surface area contributed by atoms with Crippen LogP contribution in [-0.4, -0.2) is 19.5 Å². The van der Waals surface area contributed by atoms with Crippen LogP contribution in [0.25, 0.3) is 0 Å². The molecule has 0 aromatic heterocycles. The Labute approximate surface area is 153 Å². The largest absolute Gasteiger partial charge is 0.381 e. The molecule has 0 aromatic carbocycles. The van der Waals surface area contributed by atoms with Crippen LogP contribution >= 0.6 is 0 Å². The van der Waals surface area contributed by atoms with Gasteiger partial charge in [-0.05, 0) is 91.8 Å². The molecule has 5 aliphatic carbocycles. The van der Waals surface area contributed by atoms with E-state index in [4.69, 9.17) is 4.74 Å². The lowest BCUT2D eigenvalue weighted by Crippen LogP contribution is -2.57. The van der Waals surface area contributed by atoms with Crippen LogP contribution in [0.3, 0.4) is 0 Å². The SMILES string of the molecule is CO[C@@H]1C[C@H]2[C@@H]3CC[C@H]([C@@H](C)C=O)[C@@]3(C)CC[C@@H]2[C@@]2(C)CCC3CC312. The first-order valence-electron chi connectivity index (χ1n) is 10.9. The monoisotopic (exact) mass is 344 g/mol. The number of fused-ring (bicyclic) bond motifs is 4. The molecule has 1 spiro atoms. The van der Waals surface area contributed by atoms with Crippen LogP contribution in [0, 0.1) is 51.8 Å². The van der Waals surface area contributed by atoms with E-state index in [-0.39, 0.29) is 5.92 Å². The van der Waals surface area contributed by atoms with Crippen LogP contribution in [0.4, 0.5) is 0 Å². The van der Waals surface area contributed by atoms with Crippen molar-refractivity contribution >= 4 is 6.29 Å². The van der Waals surface area contributed by atoms with Gasteiger partial charge in [0.25, 0.3) is 0 Å². The van der Waals surface area contributed by atoms with E-state index in [2.05, 4.69) is 20.8 Å². The molecule has 0 aromatic rings. The van der Waals surface area contributed by atoms with Crippen molar-refractivity contribution in [3.63, 3.8) is 0 Å². The van der Waals surface area contributed by atoms with Crippen LogP contribution in [0.1, 0.15) is 72.1 Å². The molecule has 5 fully saturated rings. The van der Waals surface area contributed by atoms with Gasteiger partial charge in [-0.2, -0.15) is 0 Å². The summed E-state index contributed by atoms with van der Waals surface area (Å²) in [7, 11) is 1.97. The van der Waals surface area contributed by atoms with Gasteiger partial charge in [0.2, 0.25) is 0 Å². The standard InChI is InChI=1S/C23H36O2/c1-14(13-24)17-5-6-18-16-11-20(25-4)23-12-15(23)7-10-22(23,3)19(16)8-9-21(17,18)2/h13-20H,5-12H2,1-4H3/t14-,15?,16-,17+,18-,19-,20+,21+,22+,23?/m0/s1. The molecule has 2 heteroatoms. The van der Waals surface area contributed by atoms with Crippen molar-refractivity contribution in [1.82, 2.24) is 0 Å². The third kappa shape index (κ3) is 1.79. The minimum Gasteiger partial charge on any atom is -0.381 e. The van der Waals surface area contributed by atoms with E-state index in [9.17, 15) is 4.79 Å². The fourth-order valence-electron chi connectivity index (χ4n) is 9.58. The van der Waals surface area contributed by atoms with E-state index in [0.717, 1.165) is 23.7 Å². The average molecular weight is 345 g/mol. The zero-order chi connectivity index (χ0) is 17.6. The van der Waals surface area contributed by atoms with Crippen molar-refractivity contribution in [2.45, 2.75) is 78.2 Å². The van der Waals surface area contributed by atoms with E-state index < -0.39 is 0 Å². The molecule has 2 nitrogen and oxygen atoms in total. The highest BCUT2D eigenvalue weighted by Gasteiger charge is 2.77. The Morgan fingerprint density at radius 3 is 2.56 bits per heavy atom. The Hall–Kier alpha value is -0.370. The Morgan fingerprint density at radius 2 is 1.88 bits per heavy atom. The maximum Gasteiger partial charge on any atom is 0.123 e. The second-order valence-electron chi connectivity index (χ2n) is 11.0. The second-order valence-corrected chi connectivity index (χ2v) is 11.0. The zero-order valence-corrected chi connectivity index (χ0v) is 16.6. The Bertz CT molecular complexity index is 587. The molecule has 0 amide bonds. The predicted octanol–water partition coefficient (Wildman–Crippen LogP) is 5.11. The first kappa shape index (κ1) is 16.8. The molecule has 0 saturated heterocycles. The van der Waals surface area contributed by atoms with Crippen LogP contribution in [0.5, 0.6) is 0 Å². The summed E-state index contributed by atoms with van der Waals surface area (Å²) in [6.07, 6.45) is 12.7. The maximum atomic E-state index is 11.5. The molecule has 5 saturated carbocycles. The number of hydrogen-bond acceptors (Lipinski definition) is 2. The second kappa shape index (κ2) is 5.12. The van der Waals surface area contributed by atoms with Gasteiger partial charge >= 0.3 is 0 Å². The number of aldehydes is 1. The van der Waals surface area contributed by atoms with E-state index in [0.29, 0.717) is 28.3 Å². The molecular formula is C23H36O2. The number of carbonyl (C=O) groups excluding carboxylic acids is 1. The molecule has 5 aliphatic rings. The number of carbonyl (C=O) groups is 1. The summed E-state index contributed by atoms with van der Waals surface area (Å²) >= 11 is 0. The zero-order valence-electron chi connectivity index (χ0n) is 16.6. The number of rotatable bonds is 3. The molecule has 5 rings (SSSR count). The van der Waals surface area contributed by atoms with Gasteiger partial charge in [0, 0.05) is 18.4 Å². The summed E-state index contributed by atoms with van der Waals surface area (Å²) in [5, 5.41) is 0. The Balaban J connectivity index is 1.50. The van der Waals surface area contributed by atoms with Gasteiger partial charge in [-0.1, -0.05) is 20.8 Å². The highest BCUT2D eigenvalue weighted by atomic mass is 16.5. The van der Waals surface area contributed by atoms with Crippen LogP contribution in [0.15, 0.2) is 0 Å². The van der Waals surface area contributed by atoms with Crippen molar-refractivity contribution in [2.75, 3.05) is 7.11 Å². The minimum absolute atomic E-state index is 0.231. The molecule has 0 aliphatic heterocycles. The third-order valence-corrected chi connectivity index (χ3v) is 10.8. The molecule has 0 bridgehead atoms. The molecule has 25 heavy (non-hydrogen) atoms. The van der Waals surface area contributed by atoms with Gasteiger partial charge in [0.15, 0.2) is 0 Å². The van der Waals surface area contributed by atoms with E-state index >= 15 is 0 Å². The fraction of sp³-hybridized carbons (Fsp3) is 0.957. The lowest BCUT2D eigenvalue weighted by molar-refractivity contribution is -0.161. The number of hydrogen-bond donors (Lipinski definition) is 0. The van der Waals surface area contributed by atoms with Crippen LogP contribution < -0.4 is 0 Å². The molecule has 0 N–H and O–H groups in total. The molecule has 2 unspecified atom stereocenters. The molecule has 140 valence electrons. The highest BCUT2D eigenvalue weighted by Crippen LogP contribution is 2.82. The van der Waals surface area contributed by atoms with E-state index in [1.165, 1.54) is 57.7 Å². The summed E-state index contributed by atoms with van der Waals surface area (Å²) in [5.74, 6) is 4.37. The fourth-order valence-corrected chi connectivity index (χ4v) is 9.58. The van der Waals surface area contributed by atoms with Crippen molar-refractivity contribution in [3.8, 4) is 0 Å². The normalized spacial score (nSPS) is 60.2. The molecule has 0 heterocycles. The smallest absolute Gasteiger partial charge is 0.123 e. The highest BCUT2D eigenvalue weighted by molar-refractivity contribution is 5.53. The van der Waals surface area contributed by atoms with Gasteiger partial charge in [0.1, 0.15) is 6.29 Å². The molecule has 0 radical (unpaired) electrons. The first-order chi connectivity index (χ1) is 11.9. The summed E-state index contributed by atoms with van der Waals surface area (Å²) in [5.41, 5.74) is 1.45. The van der Waals surface area contributed by atoms with Crippen molar-refractivity contribution < 1.29 is 9.53 Å². The quantitative estimate of drug-likeness (QED) is 0.665. The first-order valence-corrected chi connectivity index (χ1v) is 10.9. The van der Waals surface area contributed by atoms with Crippen LogP contribution in [-0.2, 0) is 9.53 Å². The van der Waals surface area contributed by atoms with Crippen molar-refractivity contribution in [1.29, 1.82) is 0 Å². The third-order valence-electron chi connectivity index (χ3n) is 10.8. The van der Waals surface area contributed by atoms with Crippen molar-refractivity contribution in [3.05, 3.63) is 0 Å².